The predicted octanol–water partition coefficient (Wildman–Crippen LogP) is 1.64. The van der Waals surface area contributed by atoms with Crippen molar-refractivity contribution in [3.63, 3.8) is 0 Å². The molecule has 1 aromatic rings. The van der Waals surface area contributed by atoms with Crippen molar-refractivity contribution in [2.75, 3.05) is 0 Å². The molecule has 1 nitrogen and oxygen atoms in total. The van der Waals surface area contributed by atoms with Gasteiger partial charge in [-0.05, 0) is 0 Å². The molecular weight excluding hydrogens is 211 g/mol. The molecule has 2 heteroatoms. The molecule has 0 atom stereocenters. The van der Waals surface area contributed by atoms with Crippen LogP contribution >= 0.6 is 0 Å². The van der Waals surface area contributed by atoms with Crippen LogP contribution in [0.2, 0.25) is 0 Å². The van der Waals surface area contributed by atoms with Gasteiger partial charge in [0.05, 0.1) is 0 Å². The molecule has 0 amide bonds. The van der Waals surface area contributed by atoms with Crippen LogP contribution in [0.5, 0.6) is 0 Å². The Bertz CT molecular complexity index is 245. The van der Waals surface area contributed by atoms with Crippen LogP contribution in [0.1, 0.15) is 19.0 Å². The van der Waals surface area contributed by atoms with Crippen LogP contribution in [0.25, 0.3) is 0 Å². The molecule has 0 spiro atoms. The minimum atomic E-state index is 0. The van der Waals surface area contributed by atoms with Gasteiger partial charge in [0.25, 0.3) is 0 Å². The zero-order chi connectivity index (χ0) is 7.23. The zero-order valence-corrected chi connectivity index (χ0v) is 9.30. The first-order valence-electron chi connectivity index (χ1n) is 3.24. The van der Waals surface area contributed by atoms with Gasteiger partial charge in [-0.15, -0.1) is 0 Å². The van der Waals surface area contributed by atoms with Crippen molar-refractivity contribution < 1.29 is 32.7 Å². The van der Waals surface area contributed by atoms with Crippen molar-refractivity contribution in [3.05, 3.63) is 30.1 Å². The van der Waals surface area contributed by atoms with Crippen molar-refractivity contribution >= 4 is 0 Å². The van der Waals surface area contributed by atoms with Gasteiger partial charge in [0.2, 0.25) is 0 Å². The minimum absolute atomic E-state index is 0. The number of hydrogen-bond acceptors (Lipinski definition) is 1. The van der Waals surface area contributed by atoms with Crippen LogP contribution in [0.15, 0.2) is 18.3 Å². The van der Waals surface area contributed by atoms with Gasteiger partial charge in [-0.25, -0.2) is 12.1 Å². The summed E-state index contributed by atoms with van der Waals surface area (Å²) in [5, 5.41) is 0. The van der Waals surface area contributed by atoms with E-state index in [2.05, 4.69) is 22.9 Å². The molecule has 11 heavy (non-hydrogen) atoms. The maximum atomic E-state index is 3.99. The van der Waals surface area contributed by atoms with Crippen LogP contribution in [0.4, 0.5) is 0 Å². The third-order valence-electron chi connectivity index (χ3n) is 1.01. The second kappa shape index (κ2) is 6.52. The fourth-order valence-corrected chi connectivity index (χ4v) is 0.573. The summed E-state index contributed by atoms with van der Waals surface area (Å²) in [5.41, 5.74) is 0.820. The molecule has 1 heterocycles. The van der Waals surface area contributed by atoms with E-state index in [0.717, 1.165) is 12.1 Å². The van der Waals surface area contributed by atoms with Crippen LogP contribution < -0.4 is 0 Å². The number of nitrogens with zero attached hydrogens (tertiary/aromatic N) is 1. The van der Waals surface area contributed by atoms with E-state index in [1.807, 2.05) is 19.1 Å². The molecule has 0 aliphatic carbocycles. The van der Waals surface area contributed by atoms with Gasteiger partial charge >= 0.3 is 0 Å². The maximum absolute atomic E-state index is 3.99. The molecule has 0 aliphatic rings. The van der Waals surface area contributed by atoms with Crippen molar-refractivity contribution in [1.82, 2.24) is 4.98 Å². The summed E-state index contributed by atoms with van der Waals surface area (Å²) in [6.07, 6.45) is 2.50. The van der Waals surface area contributed by atoms with Gasteiger partial charge < -0.3 is 0 Å². The van der Waals surface area contributed by atoms with E-state index >= 15 is 0 Å². The van der Waals surface area contributed by atoms with E-state index in [1.165, 1.54) is 0 Å². The molecule has 1 rings (SSSR count). The molecule has 0 fully saturated rings. The summed E-state index contributed by atoms with van der Waals surface area (Å²) >= 11 is 0. The molecule has 0 saturated carbocycles. The van der Waals surface area contributed by atoms with E-state index in [0.29, 0.717) is 0 Å². The Morgan fingerprint density at radius 1 is 1.64 bits per heavy atom. The quantitative estimate of drug-likeness (QED) is 0.477. The van der Waals surface area contributed by atoms with E-state index < -0.39 is 0 Å². The van der Waals surface area contributed by atoms with Crippen molar-refractivity contribution in [3.8, 4) is 11.8 Å². The van der Waals surface area contributed by atoms with E-state index in [9.17, 15) is 0 Å². The molecule has 0 bridgehead atoms. The first-order chi connectivity index (χ1) is 4.93. The summed E-state index contributed by atoms with van der Waals surface area (Å²) < 4.78 is 0. The Morgan fingerprint density at radius 2 is 2.45 bits per heavy atom. The zero-order valence-electron chi connectivity index (χ0n) is 6.46. The average Bonchev–Trinajstić information content (AvgIpc) is 2.03. The van der Waals surface area contributed by atoms with Crippen LogP contribution in [-0.2, 0) is 32.7 Å². The van der Waals surface area contributed by atoms with E-state index in [4.69, 9.17) is 0 Å². The second-order valence-electron chi connectivity index (χ2n) is 1.80. The van der Waals surface area contributed by atoms with Gasteiger partial charge in [0.15, 0.2) is 0 Å². The molecule has 0 aromatic carbocycles. The fourth-order valence-electron chi connectivity index (χ4n) is 0.573. The molecule has 0 unspecified atom stereocenters. The molecule has 0 aliphatic heterocycles. The number of pyridine rings is 1. The predicted molar refractivity (Wildman–Crippen MR) is 40.2 cm³/mol. The summed E-state index contributed by atoms with van der Waals surface area (Å²) in [5.74, 6) is 5.85. The van der Waals surface area contributed by atoms with E-state index in [1.54, 1.807) is 6.20 Å². The molecule has 53 valence electrons. The van der Waals surface area contributed by atoms with E-state index in [-0.39, 0.29) is 32.7 Å². The summed E-state index contributed by atoms with van der Waals surface area (Å²) in [6.45, 7) is 2.02. The summed E-state index contributed by atoms with van der Waals surface area (Å²) in [4.78, 5) is 3.99. The van der Waals surface area contributed by atoms with Gasteiger partial charge in [0, 0.05) is 44.8 Å². The third-order valence-corrected chi connectivity index (χ3v) is 1.01. The van der Waals surface area contributed by atoms with Crippen LogP contribution in [-0.4, -0.2) is 4.98 Å². The van der Waals surface area contributed by atoms with Crippen LogP contribution in [0.3, 0.4) is 0 Å². The summed E-state index contributed by atoms with van der Waals surface area (Å²) in [6, 6.07) is 6.49. The normalized spacial score (nSPS) is 7.36. The Kier molecular flexibility index (Phi) is 6.41. The van der Waals surface area contributed by atoms with Crippen molar-refractivity contribution in [1.29, 1.82) is 0 Å². The number of aromatic nitrogens is 1. The number of hydrogen-bond donors (Lipinski definition) is 0. The molecule has 0 N–H and O–H groups in total. The Balaban J connectivity index is 0.000001000. The van der Waals surface area contributed by atoms with Crippen LogP contribution in [0, 0.1) is 17.9 Å². The maximum Gasteiger partial charge on any atom is 0.0310 e. The largest absolute Gasteiger partial charge is 0.287 e. The fraction of sp³-hybridized carbons (Fsp3) is 0.222. The van der Waals surface area contributed by atoms with Crippen molar-refractivity contribution in [2.24, 2.45) is 0 Å². The standard InChI is InChI=1S/C9H8N.Y/c1-2-3-6-9-7-4-5-8-10-9;/h4,7-8H,2H2,1H3;/q-1;. The first-order valence-corrected chi connectivity index (χ1v) is 3.24. The molecular formula is C9H8NY-. The third kappa shape index (κ3) is 4.29. The second-order valence-corrected chi connectivity index (χ2v) is 1.80. The monoisotopic (exact) mass is 219 g/mol. The Hall–Kier alpha value is -0.186. The smallest absolute Gasteiger partial charge is 0.0310 e. The van der Waals surface area contributed by atoms with Gasteiger partial charge in [0.1, 0.15) is 0 Å². The molecule has 0 saturated heterocycles. The van der Waals surface area contributed by atoms with Crippen molar-refractivity contribution in [2.45, 2.75) is 13.3 Å². The van der Waals surface area contributed by atoms with Gasteiger partial charge in [-0.2, -0.15) is 6.07 Å². The molecule has 1 aromatic heterocycles. The van der Waals surface area contributed by atoms with Gasteiger partial charge in [-0.3, -0.25) is 4.98 Å². The molecule has 1 radical (unpaired) electrons. The first kappa shape index (κ1) is 10.8. The minimum Gasteiger partial charge on any atom is -0.287 e. The van der Waals surface area contributed by atoms with Gasteiger partial charge in [-0.1, -0.05) is 25.0 Å². The topological polar surface area (TPSA) is 12.9 Å². The Morgan fingerprint density at radius 3 is 3.00 bits per heavy atom. The summed E-state index contributed by atoms with van der Waals surface area (Å²) in [7, 11) is 0. The SMILES string of the molecule is CCC#Cc1cc[c-]cn1.[Y]. The Labute approximate surface area is 92.5 Å². The average molecular weight is 219 g/mol. The number of rotatable bonds is 0.